The molecule has 32 heavy (non-hydrogen) atoms. The van der Waals surface area contributed by atoms with Crippen LogP contribution in [0.3, 0.4) is 0 Å². The molecule has 0 spiro atoms. The van der Waals surface area contributed by atoms with Gasteiger partial charge in [-0.3, -0.25) is 4.79 Å². The van der Waals surface area contributed by atoms with Crippen molar-refractivity contribution in [2.45, 2.75) is 64.3 Å². The summed E-state index contributed by atoms with van der Waals surface area (Å²) in [5.41, 5.74) is 2.83. The molecule has 0 saturated heterocycles. The van der Waals surface area contributed by atoms with Crippen LogP contribution in [0.15, 0.2) is 42.5 Å². The fourth-order valence-corrected chi connectivity index (χ4v) is 4.27. The van der Waals surface area contributed by atoms with Crippen LogP contribution in [0.25, 0.3) is 11.1 Å². The summed E-state index contributed by atoms with van der Waals surface area (Å²) in [6, 6.07) is 12.6. The highest BCUT2D eigenvalue weighted by molar-refractivity contribution is 5.81. The molecule has 172 valence electrons. The van der Waals surface area contributed by atoms with Crippen LogP contribution in [0, 0.1) is 5.92 Å². The first-order valence-corrected chi connectivity index (χ1v) is 11.6. The average molecular weight is 440 g/mol. The number of aromatic hydroxyl groups is 1. The van der Waals surface area contributed by atoms with Crippen LogP contribution in [0.5, 0.6) is 11.5 Å². The lowest BCUT2D eigenvalue weighted by Gasteiger charge is -2.20. The van der Waals surface area contributed by atoms with E-state index in [-0.39, 0.29) is 11.5 Å². The first-order valence-electron chi connectivity index (χ1n) is 11.6. The molecule has 1 fully saturated rings. The molecule has 1 saturated carbocycles. The number of rotatable bonds is 11. The molecule has 3 rings (SSSR count). The maximum atomic E-state index is 12.2. The molecule has 2 aromatic rings. The zero-order chi connectivity index (χ0) is 22.8. The van der Waals surface area contributed by atoms with Crippen molar-refractivity contribution < 1.29 is 24.5 Å². The molecule has 0 aromatic heterocycles. The minimum Gasteiger partial charge on any atom is -0.504 e. The van der Waals surface area contributed by atoms with E-state index in [1.54, 1.807) is 6.07 Å². The van der Waals surface area contributed by atoms with Crippen molar-refractivity contribution in [2.24, 2.45) is 5.92 Å². The molecule has 0 unspecified atom stereocenters. The van der Waals surface area contributed by atoms with E-state index < -0.39 is 6.16 Å². The summed E-state index contributed by atoms with van der Waals surface area (Å²) in [6.45, 7) is 1.69. The molecule has 0 radical (unpaired) electrons. The summed E-state index contributed by atoms with van der Waals surface area (Å²) in [7, 11) is 0. The van der Waals surface area contributed by atoms with Crippen molar-refractivity contribution in [2.75, 3.05) is 6.54 Å². The summed E-state index contributed by atoms with van der Waals surface area (Å²) >= 11 is 0. The van der Waals surface area contributed by atoms with Crippen molar-refractivity contribution in [1.29, 1.82) is 0 Å². The summed E-state index contributed by atoms with van der Waals surface area (Å²) in [5.74, 6) is 0.521. The number of ketones is 1. The lowest BCUT2D eigenvalue weighted by molar-refractivity contribution is -0.123. The Hall–Kier alpha value is -2.86. The van der Waals surface area contributed by atoms with Gasteiger partial charge in [-0.2, -0.15) is 0 Å². The van der Waals surface area contributed by atoms with Crippen molar-refractivity contribution in [1.82, 2.24) is 5.32 Å². The highest BCUT2D eigenvalue weighted by Crippen LogP contribution is 2.32. The number of phenolic OH excluding ortho intramolecular Hbond substituents is 1. The number of carbonyl (C=O) groups is 2. The largest absolute Gasteiger partial charge is 0.511 e. The molecular formula is C26H33NO5. The SMILES string of the molecule is O=C(O)Oc1cc(-c2ccc(CNCCCCCC(=O)C3CCCCC3)cc2)ccc1O. The molecule has 0 bridgehead atoms. The van der Waals surface area contributed by atoms with E-state index in [2.05, 4.69) is 10.1 Å². The summed E-state index contributed by atoms with van der Waals surface area (Å²) < 4.78 is 4.61. The van der Waals surface area contributed by atoms with Crippen LogP contribution in [0.1, 0.15) is 63.4 Å². The molecule has 6 nitrogen and oxygen atoms in total. The summed E-state index contributed by atoms with van der Waals surface area (Å²) in [5, 5.41) is 21.9. The van der Waals surface area contributed by atoms with E-state index >= 15 is 0 Å². The second-order valence-electron chi connectivity index (χ2n) is 8.54. The van der Waals surface area contributed by atoms with E-state index in [0.29, 0.717) is 11.7 Å². The Morgan fingerprint density at radius 2 is 1.66 bits per heavy atom. The van der Waals surface area contributed by atoms with Crippen LogP contribution in [-0.4, -0.2) is 28.7 Å². The first kappa shape index (κ1) is 23.8. The number of hydrogen-bond donors (Lipinski definition) is 3. The van der Waals surface area contributed by atoms with Gasteiger partial charge in [0.1, 0.15) is 5.78 Å². The Labute approximate surface area is 189 Å². The fourth-order valence-electron chi connectivity index (χ4n) is 4.27. The minimum absolute atomic E-state index is 0.0822. The van der Waals surface area contributed by atoms with Gasteiger partial charge in [-0.15, -0.1) is 0 Å². The number of Topliss-reactive ketones (excluding diaryl/α,β-unsaturated/α-hetero) is 1. The first-order chi connectivity index (χ1) is 15.5. The molecule has 1 aliphatic rings. The van der Waals surface area contributed by atoms with Crippen LogP contribution in [0.4, 0.5) is 4.79 Å². The number of phenols is 1. The van der Waals surface area contributed by atoms with Gasteiger partial charge in [-0.25, -0.2) is 4.79 Å². The normalized spacial score (nSPS) is 14.2. The van der Waals surface area contributed by atoms with Crippen LogP contribution < -0.4 is 10.1 Å². The Morgan fingerprint density at radius 1 is 0.938 bits per heavy atom. The van der Waals surface area contributed by atoms with Crippen LogP contribution in [0.2, 0.25) is 0 Å². The second-order valence-corrected chi connectivity index (χ2v) is 8.54. The monoisotopic (exact) mass is 439 g/mol. The quantitative estimate of drug-likeness (QED) is 0.229. The van der Waals surface area contributed by atoms with E-state index in [1.165, 1.54) is 31.4 Å². The predicted octanol–water partition coefficient (Wildman–Crippen LogP) is 5.92. The lowest BCUT2D eigenvalue weighted by Crippen LogP contribution is -2.17. The third kappa shape index (κ3) is 7.38. The number of unbranched alkanes of at least 4 members (excludes halogenated alkanes) is 2. The van der Waals surface area contributed by atoms with Crippen molar-refractivity contribution in [3.8, 4) is 22.6 Å². The molecule has 0 atom stereocenters. The van der Waals surface area contributed by atoms with Gasteiger partial charge in [-0.05, 0) is 61.1 Å². The Kier molecular flexibility index (Phi) is 9.11. The van der Waals surface area contributed by atoms with E-state index in [4.69, 9.17) is 5.11 Å². The van der Waals surface area contributed by atoms with Gasteiger partial charge < -0.3 is 20.3 Å². The Morgan fingerprint density at radius 3 is 2.38 bits per heavy atom. The molecular weight excluding hydrogens is 406 g/mol. The molecule has 1 aliphatic carbocycles. The van der Waals surface area contributed by atoms with Gasteiger partial charge in [-0.1, -0.05) is 56.0 Å². The summed E-state index contributed by atoms with van der Waals surface area (Å²) in [6.07, 6.45) is 8.34. The Balaban J connectivity index is 1.35. The topological polar surface area (TPSA) is 95.9 Å². The van der Waals surface area contributed by atoms with Gasteiger partial charge in [0.05, 0.1) is 0 Å². The number of carbonyl (C=O) groups excluding carboxylic acids is 1. The smallest absolute Gasteiger partial charge is 0.504 e. The molecule has 6 heteroatoms. The van der Waals surface area contributed by atoms with Crippen molar-refractivity contribution in [3.63, 3.8) is 0 Å². The second kappa shape index (κ2) is 12.2. The lowest BCUT2D eigenvalue weighted by atomic mass is 9.84. The van der Waals surface area contributed by atoms with E-state index in [9.17, 15) is 14.7 Å². The third-order valence-corrected chi connectivity index (χ3v) is 6.11. The maximum absolute atomic E-state index is 12.2. The van der Waals surface area contributed by atoms with Crippen LogP contribution >= 0.6 is 0 Å². The molecule has 0 amide bonds. The average Bonchev–Trinajstić information content (AvgIpc) is 2.80. The third-order valence-electron chi connectivity index (χ3n) is 6.11. The maximum Gasteiger partial charge on any atom is 0.511 e. The van der Waals surface area contributed by atoms with Gasteiger partial charge in [0.25, 0.3) is 0 Å². The number of benzene rings is 2. The number of hydrogen-bond acceptors (Lipinski definition) is 5. The van der Waals surface area contributed by atoms with Crippen molar-refractivity contribution >= 4 is 11.9 Å². The fraction of sp³-hybridized carbons (Fsp3) is 0.462. The van der Waals surface area contributed by atoms with Gasteiger partial charge >= 0.3 is 6.16 Å². The van der Waals surface area contributed by atoms with E-state index in [0.717, 1.165) is 68.3 Å². The van der Waals surface area contributed by atoms with Gasteiger partial charge in [0.15, 0.2) is 11.5 Å². The number of carboxylic acid groups (broad SMARTS) is 1. The minimum atomic E-state index is -1.46. The number of ether oxygens (including phenoxy) is 1. The zero-order valence-electron chi connectivity index (χ0n) is 18.5. The Bertz CT molecular complexity index is 888. The number of nitrogens with one attached hydrogen (secondary N) is 1. The molecule has 0 aliphatic heterocycles. The van der Waals surface area contributed by atoms with Crippen LogP contribution in [-0.2, 0) is 11.3 Å². The predicted molar refractivity (Wildman–Crippen MR) is 124 cm³/mol. The van der Waals surface area contributed by atoms with Gasteiger partial charge in [0.2, 0.25) is 0 Å². The highest BCUT2D eigenvalue weighted by Gasteiger charge is 2.20. The van der Waals surface area contributed by atoms with Crippen molar-refractivity contribution in [3.05, 3.63) is 48.0 Å². The standard InChI is InChI=1S/C26H33NO5/c28-23(21-7-3-1-4-8-21)9-5-2-6-16-27-18-19-10-12-20(13-11-19)22-14-15-24(29)25(17-22)32-26(30)31/h10-15,17,21,27,29H,1-9,16,18H2,(H,30,31). The molecule has 3 N–H and O–H groups in total. The zero-order valence-corrected chi connectivity index (χ0v) is 18.5. The van der Waals surface area contributed by atoms with Gasteiger partial charge in [0, 0.05) is 18.9 Å². The summed E-state index contributed by atoms with van der Waals surface area (Å²) in [4.78, 5) is 23.0. The molecule has 2 aromatic carbocycles. The van der Waals surface area contributed by atoms with E-state index in [1.807, 2.05) is 24.3 Å². The molecule has 0 heterocycles. The highest BCUT2D eigenvalue weighted by atomic mass is 16.7.